The van der Waals surface area contributed by atoms with Gasteiger partial charge in [-0.05, 0) is 29.8 Å². The Labute approximate surface area is 242 Å². The first-order valence-electron chi connectivity index (χ1n) is 13.0. The van der Waals surface area contributed by atoms with E-state index >= 15 is 0 Å². The molecule has 5 N–H and O–H groups in total. The number of pyridine rings is 2. The van der Waals surface area contributed by atoms with E-state index in [1.54, 1.807) is 24.3 Å². The Balaban J connectivity index is 1.51. The van der Waals surface area contributed by atoms with Crippen LogP contribution in [0.3, 0.4) is 0 Å². The average Bonchev–Trinajstić information content (AvgIpc) is 3.46. The number of fused-ring (bicyclic) bond motifs is 1. The number of aromatic nitrogens is 4. The Morgan fingerprint density at radius 2 is 1.95 bits per heavy atom. The summed E-state index contributed by atoms with van der Waals surface area (Å²) in [6, 6.07) is 8.92. The number of nitrogens with zero attached hydrogens (tertiary/aromatic N) is 6. The van der Waals surface area contributed by atoms with Crippen LogP contribution < -0.4 is 21.3 Å². The third-order valence-electron chi connectivity index (χ3n) is 6.57. The molecule has 1 saturated heterocycles. The molecule has 0 saturated carbocycles. The van der Waals surface area contributed by atoms with E-state index in [1.807, 2.05) is 0 Å². The molecule has 1 aromatic carbocycles. The van der Waals surface area contributed by atoms with Crippen LogP contribution in [-0.2, 0) is 25.6 Å². The van der Waals surface area contributed by atoms with Crippen molar-refractivity contribution in [3.05, 3.63) is 59.9 Å². The lowest BCUT2D eigenvalue weighted by Crippen LogP contribution is -2.65. The minimum absolute atomic E-state index is 0.0557. The molecule has 1 fully saturated rings. The molecule has 0 aliphatic carbocycles. The van der Waals surface area contributed by atoms with Crippen molar-refractivity contribution >= 4 is 40.3 Å². The zero-order chi connectivity index (χ0) is 30.7. The lowest BCUT2D eigenvalue weighted by atomic mass is 10.1. The highest BCUT2D eigenvalue weighted by Gasteiger charge is 2.38. The van der Waals surface area contributed by atoms with E-state index in [9.17, 15) is 28.7 Å². The van der Waals surface area contributed by atoms with Gasteiger partial charge in [-0.3, -0.25) is 29.1 Å². The number of benzene rings is 1. The molecule has 3 aromatic heterocycles. The SMILES string of the molecule is CC(=O)NCC(=O)N1CC(=O)N(c2nc(-c3nnc(Cc4ccc(F)cc4)o3)c(O)c3ncccc23)CC1NC(=O)CN. The van der Waals surface area contributed by atoms with Gasteiger partial charge in [0.1, 0.15) is 29.9 Å². The smallest absolute Gasteiger partial charge is 0.270 e. The number of nitrogens with two attached hydrogens (primary N) is 1. The second kappa shape index (κ2) is 12.2. The van der Waals surface area contributed by atoms with Crippen LogP contribution in [0.1, 0.15) is 18.4 Å². The fraction of sp³-hybridized carbons (Fsp3) is 0.259. The maximum atomic E-state index is 13.5. The van der Waals surface area contributed by atoms with Crippen molar-refractivity contribution in [2.24, 2.45) is 5.73 Å². The predicted octanol–water partition coefficient (Wildman–Crippen LogP) is -0.172. The quantitative estimate of drug-likeness (QED) is 0.211. The van der Waals surface area contributed by atoms with Gasteiger partial charge in [0.2, 0.25) is 29.5 Å². The summed E-state index contributed by atoms with van der Waals surface area (Å²) in [6.07, 6.45) is 0.600. The lowest BCUT2D eigenvalue weighted by Gasteiger charge is -2.41. The van der Waals surface area contributed by atoms with Gasteiger partial charge in [0.15, 0.2) is 11.4 Å². The predicted molar refractivity (Wildman–Crippen MR) is 147 cm³/mol. The molecule has 43 heavy (non-hydrogen) atoms. The van der Waals surface area contributed by atoms with Gasteiger partial charge in [0.05, 0.1) is 26.1 Å². The number of aromatic hydroxyl groups is 1. The molecule has 0 radical (unpaired) electrons. The van der Waals surface area contributed by atoms with Gasteiger partial charge in [0.25, 0.3) is 5.89 Å². The Morgan fingerprint density at radius 3 is 2.67 bits per heavy atom. The Kier molecular flexibility index (Phi) is 8.20. The Hall–Kier alpha value is -5.51. The molecule has 16 heteroatoms. The van der Waals surface area contributed by atoms with Crippen LogP contribution in [0.15, 0.2) is 47.0 Å². The highest BCUT2D eigenvalue weighted by molar-refractivity contribution is 6.06. The standard InChI is InChI=1S/C27H26FN9O6/c1-14(38)31-11-21(40)36-13-22(41)37(12-18(36)32-19(39)10-29)26-17-3-2-8-30-23(17)25(42)24(33-26)27-35-34-20(43-27)9-15-4-6-16(28)7-5-15/h2-8,18,42H,9-13,29H2,1H3,(H,31,38)(H,32,39). The molecule has 5 rings (SSSR count). The molecule has 1 atom stereocenters. The lowest BCUT2D eigenvalue weighted by molar-refractivity contribution is -0.142. The van der Waals surface area contributed by atoms with E-state index in [0.29, 0.717) is 10.9 Å². The molecule has 0 spiro atoms. The minimum Gasteiger partial charge on any atom is -0.504 e. The Morgan fingerprint density at radius 1 is 1.19 bits per heavy atom. The Bertz CT molecular complexity index is 1710. The first-order valence-corrected chi connectivity index (χ1v) is 13.0. The van der Waals surface area contributed by atoms with Gasteiger partial charge < -0.3 is 30.8 Å². The molecule has 15 nitrogen and oxygen atoms in total. The fourth-order valence-corrected chi connectivity index (χ4v) is 4.51. The van der Waals surface area contributed by atoms with E-state index < -0.39 is 42.2 Å². The van der Waals surface area contributed by atoms with Crippen molar-refractivity contribution in [3.63, 3.8) is 0 Å². The molecule has 1 aliphatic heterocycles. The zero-order valence-electron chi connectivity index (χ0n) is 22.8. The number of carbonyl (C=O) groups excluding carboxylic acids is 4. The summed E-state index contributed by atoms with van der Waals surface area (Å²) < 4.78 is 19.0. The molecule has 222 valence electrons. The van der Waals surface area contributed by atoms with Crippen LogP contribution in [0.4, 0.5) is 10.2 Å². The molecule has 4 amide bonds. The van der Waals surface area contributed by atoms with Crippen LogP contribution >= 0.6 is 0 Å². The van der Waals surface area contributed by atoms with Gasteiger partial charge in [0, 0.05) is 18.5 Å². The third kappa shape index (κ3) is 6.23. The second-order valence-electron chi connectivity index (χ2n) is 9.56. The van der Waals surface area contributed by atoms with Crippen molar-refractivity contribution in [2.45, 2.75) is 19.5 Å². The van der Waals surface area contributed by atoms with E-state index in [1.165, 1.54) is 30.2 Å². The summed E-state index contributed by atoms with van der Waals surface area (Å²) in [5.74, 6) is -2.89. The zero-order valence-corrected chi connectivity index (χ0v) is 22.8. The summed E-state index contributed by atoms with van der Waals surface area (Å²) in [5, 5.41) is 24.4. The van der Waals surface area contributed by atoms with Crippen molar-refractivity contribution in [1.82, 2.24) is 35.7 Å². The number of anilines is 1. The maximum absolute atomic E-state index is 13.5. The summed E-state index contributed by atoms with van der Waals surface area (Å²) >= 11 is 0. The first kappa shape index (κ1) is 29.0. The average molecular weight is 592 g/mol. The van der Waals surface area contributed by atoms with Crippen molar-refractivity contribution < 1.29 is 33.1 Å². The number of hydrogen-bond acceptors (Lipinski definition) is 11. The van der Waals surface area contributed by atoms with E-state index in [2.05, 4.69) is 30.8 Å². The maximum Gasteiger partial charge on any atom is 0.270 e. The molecule has 1 aliphatic rings. The number of piperazine rings is 1. The number of carbonyl (C=O) groups is 4. The highest BCUT2D eigenvalue weighted by atomic mass is 19.1. The molecule has 1 unspecified atom stereocenters. The van der Waals surface area contributed by atoms with E-state index in [0.717, 1.165) is 4.90 Å². The fourth-order valence-electron chi connectivity index (χ4n) is 4.51. The highest BCUT2D eigenvalue weighted by Crippen LogP contribution is 2.38. The number of hydrogen-bond donors (Lipinski definition) is 4. The van der Waals surface area contributed by atoms with Crippen LogP contribution in [-0.4, -0.2) is 86.1 Å². The summed E-state index contributed by atoms with van der Waals surface area (Å²) in [7, 11) is 0. The number of nitrogens with one attached hydrogen (secondary N) is 2. The van der Waals surface area contributed by atoms with Crippen LogP contribution in [0.25, 0.3) is 22.5 Å². The molecule has 4 heterocycles. The van der Waals surface area contributed by atoms with Crippen molar-refractivity contribution in [1.29, 1.82) is 0 Å². The van der Waals surface area contributed by atoms with Crippen molar-refractivity contribution in [2.75, 3.05) is 31.1 Å². The number of halogens is 1. The first-order chi connectivity index (χ1) is 20.6. The number of amides is 4. The van der Waals surface area contributed by atoms with Crippen LogP contribution in [0.5, 0.6) is 5.75 Å². The molecular formula is C27H26FN9O6. The normalized spacial score (nSPS) is 15.0. The van der Waals surface area contributed by atoms with Gasteiger partial charge in [-0.25, -0.2) is 9.37 Å². The van der Waals surface area contributed by atoms with E-state index in [4.69, 9.17) is 10.2 Å². The third-order valence-corrected chi connectivity index (χ3v) is 6.57. The molecule has 0 bridgehead atoms. The largest absolute Gasteiger partial charge is 0.504 e. The van der Waals surface area contributed by atoms with Gasteiger partial charge in [-0.15, -0.1) is 10.2 Å². The van der Waals surface area contributed by atoms with Gasteiger partial charge >= 0.3 is 0 Å². The topological polar surface area (TPSA) is 210 Å². The van der Waals surface area contributed by atoms with E-state index in [-0.39, 0.29) is 60.6 Å². The molecule has 4 aromatic rings. The summed E-state index contributed by atoms with van der Waals surface area (Å²) in [4.78, 5) is 61.0. The number of rotatable bonds is 8. The molecular weight excluding hydrogens is 565 g/mol. The summed E-state index contributed by atoms with van der Waals surface area (Å²) in [6.45, 7) is -0.215. The van der Waals surface area contributed by atoms with Crippen LogP contribution in [0, 0.1) is 5.82 Å². The second-order valence-corrected chi connectivity index (χ2v) is 9.56. The van der Waals surface area contributed by atoms with Crippen molar-refractivity contribution in [3.8, 4) is 17.3 Å². The van der Waals surface area contributed by atoms with Crippen LogP contribution in [0.2, 0.25) is 0 Å². The van der Waals surface area contributed by atoms with Gasteiger partial charge in [-0.1, -0.05) is 12.1 Å². The monoisotopic (exact) mass is 591 g/mol. The summed E-state index contributed by atoms with van der Waals surface area (Å²) in [5.41, 5.74) is 6.11. The minimum atomic E-state index is -1.02. The van der Waals surface area contributed by atoms with Gasteiger partial charge in [-0.2, -0.15) is 0 Å².